The highest BCUT2D eigenvalue weighted by Crippen LogP contribution is 2.21. The summed E-state index contributed by atoms with van der Waals surface area (Å²) in [6, 6.07) is -0.631. The maximum atomic E-state index is 11.4. The lowest BCUT2D eigenvalue weighted by Crippen LogP contribution is -2.54. The number of carbonyl (C=O) groups excluding carboxylic acids is 2. The van der Waals surface area contributed by atoms with Crippen LogP contribution < -0.4 is 11.1 Å². The summed E-state index contributed by atoms with van der Waals surface area (Å²) in [4.78, 5) is 24.2. The van der Waals surface area contributed by atoms with Crippen LogP contribution in [-0.2, 0) is 4.74 Å². The van der Waals surface area contributed by atoms with E-state index in [0.29, 0.717) is 26.1 Å². The van der Waals surface area contributed by atoms with Crippen LogP contribution in [0.1, 0.15) is 26.2 Å². The van der Waals surface area contributed by atoms with Gasteiger partial charge < -0.3 is 25.8 Å². The molecule has 1 aliphatic heterocycles. The Morgan fingerprint density at radius 3 is 2.79 bits per heavy atom. The van der Waals surface area contributed by atoms with Crippen LogP contribution in [0.3, 0.4) is 0 Å². The molecule has 0 aliphatic carbocycles. The summed E-state index contributed by atoms with van der Waals surface area (Å²) in [5.41, 5.74) is 5.30. The van der Waals surface area contributed by atoms with Gasteiger partial charge in [-0.3, -0.25) is 0 Å². The molecule has 1 aliphatic rings. The topological polar surface area (TPSA) is 105 Å². The molecule has 0 spiro atoms. The summed E-state index contributed by atoms with van der Waals surface area (Å²) >= 11 is 0. The van der Waals surface area contributed by atoms with E-state index >= 15 is 0 Å². The number of carbonyl (C=O) groups is 2. The second-order valence-corrected chi connectivity index (χ2v) is 4.77. The van der Waals surface area contributed by atoms with Gasteiger partial charge in [0.2, 0.25) is 0 Å². The van der Waals surface area contributed by atoms with E-state index in [9.17, 15) is 9.59 Å². The van der Waals surface area contributed by atoms with Crippen molar-refractivity contribution < 1.29 is 19.4 Å². The Morgan fingerprint density at radius 1 is 1.47 bits per heavy atom. The maximum Gasteiger partial charge on any atom is 0.407 e. The third-order valence-electron chi connectivity index (χ3n) is 3.22. The van der Waals surface area contributed by atoms with E-state index in [1.165, 1.54) is 4.90 Å². The van der Waals surface area contributed by atoms with Gasteiger partial charge >= 0.3 is 12.1 Å². The lowest BCUT2D eigenvalue weighted by atomic mass is 9.90. The summed E-state index contributed by atoms with van der Waals surface area (Å²) < 4.78 is 4.83. The quantitative estimate of drug-likeness (QED) is 0.668. The van der Waals surface area contributed by atoms with E-state index in [0.717, 1.165) is 12.8 Å². The van der Waals surface area contributed by atoms with E-state index in [-0.39, 0.29) is 18.6 Å². The van der Waals surface area contributed by atoms with E-state index in [2.05, 4.69) is 5.32 Å². The van der Waals surface area contributed by atoms with Crippen LogP contribution in [0.4, 0.5) is 9.59 Å². The Labute approximate surface area is 113 Å². The number of piperidine rings is 1. The number of likely N-dealkylation sites (tertiary alicyclic amines) is 1. The highest BCUT2D eigenvalue weighted by molar-refractivity contribution is 5.72. The zero-order valence-corrected chi connectivity index (χ0v) is 11.3. The number of alkyl carbamates (subject to hydrolysis) is 1. The van der Waals surface area contributed by atoms with Gasteiger partial charge in [-0.1, -0.05) is 0 Å². The van der Waals surface area contributed by atoms with Crippen molar-refractivity contribution in [3.63, 3.8) is 0 Å². The number of urea groups is 1. The summed E-state index contributed by atoms with van der Waals surface area (Å²) in [7, 11) is 0. The van der Waals surface area contributed by atoms with Crippen molar-refractivity contribution in [2.24, 2.45) is 11.7 Å². The first-order valence-corrected chi connectivity index (χ1v) is 6.65. The number of rotatable bonds is 5. The molecule has 1 saturated heterocycles. The van der Waals surface area contributed by atoms with Crippen LogP contribution in [0, 0.1) is 5.92 Å². The Kier molecular flexibility index (Phi) is 6.41. The molecule has 7 nitrogen and oxygen atoms in total. The van der Waals surface area contributed by atoms with Gasteiger partial charge in [-0.2, -0.15) is 0 Å². The number of nitrogens with two attached hydrogens (primary N) is 1. The number of hydrogen-bond donors (Lipinski definition) is 3. The number of ether oxygens (including phenoxy) is 1. The second-order valence-electron chi connectivity index (χ2n) is 4.77. The molecule has 0 radical (unpaired) electrons. The summed E-state index contributed by atoms with van der Waals surface area (Å²) in [6.07, 6.45) is 1.78. The van der Waals surface area contributed by atoms with E-state index in [1.54, 1.807) is 6.92 Å². The Bertz CT molecular complexity index is 311. The molecule has 1 fully saturated rings. The normalized spacial score (nSPS) is 22.9. The van der Waals surface area contributed by atoms with Crippen LogP contribution in [0.5, 0.6) is 0 Å². The predicted molar refractivity (Wildman–Crippen MR) is 69.5 cm³/mol. The molecule has 2 unspecified atom stereocenters. The largest absolute Gasteiger partial charge is 0.450 e. The van der Waals surface area contributed by atoms with Gasteiger partial charge in [0.15, 0.2) is 0 Å². The molecule has 1 heterocycles. The highest BCUT2D eigenvalue weighted by atomic mass is 16.5. The smallest absolute Gasteiger partial charge is 0.407 e. The van der Waals surface area contributed by atoms with Crippen molar-refractivity contribution >= 4 is 12.1 Å². The first-order chi connectivity index (χ1) is 9.06. The molecule has 0 aromatic rings. The van der Waals surface area contributed by atoms with Gasteiger partial charge in [0.05, 0.1) is 12.6 Å². The summed E-state index contributed by atoms with van der Waals surface area (Å²) in [6.45, 7) is 3.16. The van der Waals surface area contributed by atoms with E-state index in [4.69, 9.17) is 15.6 Å². The number of nitrogens with one attached hydrogen (secondary N) is 1. The zero-order valence-electron chi connectivity index (χ0n) is 11.3. The molecule has 2 atom stereocenters. The van der Waals surface area contributed by atoms with Gasteiger partial charge in [-0.05, 0) is 32.1 Å². The lowest BCUT2D eigenvalue weighted by Gasteiger charge is -2.37. The SMILES string of the molecule is CCOC(=O)NC1CC(CCCO)CN(C(N)=O)C1. The Hall–Kier alpha value is -1.50. The van der Waals surface area contributed by atoms with Crippen molar-refractivity contribution in [3.05, 3.63) is 0 Å². The minimum atomic E-state index is -0.482. The van der Waals surface area contributed by atoms with Crippen molar-refractivity contribution in [2.45, 2.75) is 32.2 Å². The minimum absolute atomic E-state index is 0.128. The number of aliphatic hydroxyl groups is 1. The van der Waals surface area contributed by atoms with Crippen LogP contribution in [0.25, 0.3) is 0 Å². The number of primary amides is 1. The molecular formula is C12H23N3O4. The first-order valence-electron chi connectivity index (χ1n) is 6.65. The molecule has 110 valence electrons. The Morgan fingerprint density at radius 2 is 2.21 bits per heavy atom. The predicted octanol–water partition coefficient (Wildman–Crippen LogP) is 0.274. The fraction of sp³-hybridized carbons (Fsp3) is 0.833. The molecule has 4 N–H and O–H groups in total. The molecular weight excluding hydrogens is 250 g/mol. The van der Waals surface area contributed by atoms with Gasteiger partial charge in [-0.25, -0.2) is 9.59 Å². The molecule has 1 rings (SSSR count). The van der Waals surface area contributed by atoms with Crippen LogP contribution in [-0.4, -0.2) is 54.5 Å². The van der Waals surface area contributed by atoms with Crippen molar-refractivity contribution in [1.29, 1.82) is 0 Å². The maximum absolute atomic E-state index is 11.4. The standard InChI is InChI=1S/C12H23N3O4/c1-2-19-12(18)14-10-6-9(4-3-5-16)7-15(8-10)11(13)17/h9-10,16H,2-8H2,1H3,(H2,13,17)(H,14,18). The van der Waals surface area contributed by atoms with Crippen LogP contribution in [0.15, 0.2) is 0 Å². The van der Waals surface area contributed by atoms with Crippen LogP contribution >= 0.6 is 0 Å². The molecule has 7 heteroatoms. The van der Waals surface area contributed by atoms with Crippen molar-refractivity contribution in [3.8, 4) is 0 Å². The fourth-order valence-electron chi connectivity index (χ4n) is 2.42. The number of hydrogen-bond acceptors (Lipinski definition) is 4. The van der Waals surface area contributed by atoms with Crippen molar-refractivity contribution in [2.75, 3.05) is 26.3 Å². The van der Waals surface area contributed by atoms with Gasteiger partial charge in [0.25, 0.3) is 0 Å². The second kappa shape index (κ2) is 7.83. The van der Waals surface area contributed by atoms with Gasteiger partial charge in [-0.15, -0.1) is 0 Å². The number of amides is 3. The molecule has 0 aromatic heterocycles. The third-order valence-corrected chi connectivity index (χ3v) is 3.22. The Balaban J connectivity index is 2.54. The summed E-state index contributed by atoms with van der Waals surface area (Å²) in [5.74, 6) is 0.236. The monoisotopic (exact) mass is 273 g/mol. The fourth-order valence-corrected chi connectivity index (χ4v) is 2.42. The minimum Gasteiger partial charge on any atom is -0.450 e. The molecule has 0 saturated carbocycles. The van der Waals surface area contributed by atoms with Crippen LogP contribution in [0.2, 0.25) is 0 Å². The zero-order chi connectivity index (χ0) is 14.3. The first kappa shape index (κ1) is 15.6. The third kappa shape index (κ3) is 5.34. The van der Waals surface area contributed by atoms with Crippen molar-refractivity contribution in [1.82, 2.24) is 10.2 Å². The highest BCUT2D eigenvalue weighted by Gasteiger charge is 2.29. The number of nitrogens with zero attached hydrogens (tertiary/aromatic N) is 1. The average molecular weight is 273 g/mol. The van der Waals surface area contributed by atoms with Gasteiger partial charge in [0, 0.05) is 19.7 Å². The van der Waals surface area contributed by atoms with E-state index in [1.807, 2.05) is 0 Å². The van der Waals surface area contributed by atoms with E-state index < -0.39 is 12.1 Å². The average Bonchev–Trinajstić information content (AvgIpc) is 2.36. The molecule has 3 amide bonds. The summed E-state index contributed by atoms with van der Waals surface area (Å²) in [5, 5.41) is 11.6. The lowest BCUT2D eigenvalue weighted by molar-refractivity contribution is 0.121. The molecule has 19 heavy (non-hydrogen) atoms. The molecule has 0 aromatic carbocycles. The van der Waals surface area contributed by atoms with Gasteiger partial charge in [0.1, 0.15) is 0 Å². The molecule has 0 bridgehead atoms. The number of aliphatic hydroxyl groups excluding tert-OH is 1.